The largest absolute Gasteiger partial charge is 0.504 e. The second-order valence-corrected chi connectivity index (χ2v) is 6.22. The molecule has 0 amide bonds. The molecular weight excluding hydrogens is 329 g/mol. The maximum Gasteiger partial charge on any atom is 0.341 e. The number of aryl methyl sites for hydroxylation is 1. The van der Waals surface area contributed by atoms with E-state index in [-0.39, 0.29) is 28.4 Å². The van der Waals surface area contributed by atoms with Crippen LogP contribution in [-0.4, -0.2) is 46.4 Å². The molecule has 1 aromatic carbocycles. The highest BCUT2D eigenvalue weighted by Gasteiger charge is 2.26. The van der Waals surface area contributed by atoms with Crippen LogP contribution in [0.15, 0.2) is 17.1 Å². The molecule has 1 saturated heterocycles. The minimum Gasteiger partial charge on any atom is -0.504 e. The predicted octanol–water partition coefficient (Wildman–Crippen LogP) is 1.36. The quantitative estimate of drug-likeness (QED) is 0.775. The molecule has 0 spiro atoms. The number of carbonyl (C=O) groups is 1. The van der Waals surface area contributed by atoms with Crippen molar-refractivity contribution >= 4 is 22.6 Å². The van der Waals surface area contributed by atoms with Crippen LogP contribution in [0.25, 0.3) is 10.9 Å². The van der Waals surface area contributed by atoms with Crippen LogP contribution >= 0.6 is 0 Å². The number of phenolic OH excluding ortho intramolecular Hbond substituents is 1. The third kappa shape index (κ3) is 2.82. The number of nitrogens with one attached hydrogen (secondary N) is 1. The number of anilines is 1. The van der Waals surface area contributed by atoms with Crippen LogP contribution in [0.5, 0.6) is 5.75 Å². The van der Waals surface area contributed by atoms with Crippen molar-refractivity contribution < 1.29 is 19.4 Å². The topological polar surface area (TPSA) is 94.8 Å². The molecule has 1 atom stereocenters. The van der Waals surface area contributed by atoms with Gasteiger partial charge in [-0.15, -0.1) is 0 Å². The number of benzene rings is 1. The van der Waals surface area contributed by atoms with E-state index in [0.717, 1.165) is 6.07 Å². The van der Waals surface area contributed by atoms with Gasteiger partial charge in [-0.1, -0.05) is 0 Å². The van der Waals surface area contributed by atoms with Crippen LogP contribution in [0.3, 0.4) is 0 Å². The van der Waals surface area contributed by atoms with Gasteiger partial charge in [0, 0.05) is 38.4 Å². The molecule has 0 bridgehead atoms. The Kier molecular flexibility index (Phi) is 4.38. The monoisotopic (exact) mass is 349 g/mol. The third-order valence-corrected chi connectivity index (χ3v) is 4.52. The number of carboxylic acids is 1. The van der Waals surface area contributed by atoms with Gasteiger partial charge in [0.05, 0.1) is 10.9 Å². The van der Waals surface area contributed by atoms with E-state index >= 15 is 0 Å². The van der Waals surface area contributed by atoms with Gasteiger partial charge in [0.15, 0.2) is 11.6 Å². The van der Waals surface area contributed by atoms with E-state index in [1.165, 1.54) is 10.8 Å². The van der Waals surface area contributed by atoms with Crippen LogP contribution in [0.2, 0.25) is 0 Å². The van der Waals surface area contributed by atoms with Crippen molar-refractivity contribution in [1.82, 2.24) is 9.88 Å². The van der Waals surface area contributed by atoms with Crippen molar-refractivity contribution in [3.05, 3.63) is 33.9 Å². The zero-order valence-electron chi connectivity index (χ0n) is 14.0. The lowest BCUT2D eigenvalue weighted by Gasteiger charge is -2.34. The van der Waals surface area contributed by atoms with E-state index in [0.29, 0.717) is 26.2 Å². The SMILES string of the molecule is CCn1cc(C(=O)O)c(=O)c2cc(F)c(N3CCNC(C)C3)c(O)c21. The Balaban J connectivity index is 2.31. The van der Waals surface area contributed by atoms with E-state index in [4.69, 9.17) is 0 Å². The van der Waals surface area contributed by atoms with Gasteiger partial charge in [-0.3, -0.25) is 4.79 Å². The molecule has 1 fully saturated rings. The van der Waals surface area contributed by atoms with Crippen molar-refractivity contribution in [2.75, 3.05) is 24.5 Å². The normalized spacial score (nSPS) is 17.9. The standard InChI is InChI=1S/C17H20FN3O4/c1-3-20-8-11(17(24)25)15(22)10-6-12(18)14(16(23)13(10)20)21-5-4-19-9(2)7-21/h6,8-9,19,23H,3-5,7H2,1-2H3,(H,24,25). The molecule has 1 aromatic heterocycles. The van der Waals surface area contributed by atoms with Crippen molar-refractivity contribution in [3.63, 3.8) is 0 Å². The molecule has 7 nitrogen and oxygen atoms in total. The van der Waals surface area contributed by atoms with Gasteiger partial charge in [-0.25, -0.2) is 9.18 Å². The summed E-state index contributed by atoms with van der Waals surface area (Å²) in [6.45, 7) is 5.72. The number of aromatic hydroxyl groups is 1. The summed E-state index contributed by atoms with van der Waals surface area (Å²) in [5.41, 5.74) is -1.05. The fourth-order valence-corrected chi connectivity index (χ4v) is 3.34. The molecule has 3 rings (SSSR count). The second kappa shape index (κ2) is 6.36. The van der Waals surface area contributed by atoms with Gasteiger partial charge in [0.25, 0.3) is 0 Å². The lowest BCUT2D eigenvalue weighted by atomic mass is 10.1. The van der Waals surface area contributed by atoms with Crippen molar-refractivity contribution in [1.29, 1.82) is 0 Å². The smallest absolute Gasteiger partial charge is 0.341 e. The molecule has 0 saturated carbocycles. The van der Waals surface area contributed by atoms with Crippen molar-refractivity contribution in [2.45, 2.75) is 26.4 Å². The van der Waals surface area contributed by atoms with E-state index in [2.05, 4.69) is 5.32 Å². The molecule has 2 heterocycles. The zero-order chi connectivity index (χ0) is 18.3. The van der Waals surface area contributed by atoms with Crippen molar-refractivity contribution in [2.24, 2.45) is 0 Å². The average Bonchev–Trinajstić information content (AvgIpc) is 2.55. The maximum absolute atomic E-state index is 14.7. The van der Waals surface area contributed by atoms with Crippen LogP contribution in [0.4, 0.5) is 10.1 Å². The fraction of sp³-hybridized carbons (Fsp3) is 0.412. The summed E-state index contributed by atoms with van der Waals surface area (Å²) >= 11 is 0. The first-order valence-corrected chi connectivity index (χ1v) is 8.15. The number of piperazine rings is 1. The average molecular weight is 349 g/mol. The molecule has 134 valence electrons. The number of hydrogen-bond acceptors (Lipinski definition) is 5. The molecule has 1 aliphatic heterocycles. The van der Waals surface area contributed by atoms with Gasteiger partial charge < -0.3 is 25.0 Å². The Labute approximate surface area is 143 Å². The minimum absolute atomic E-state index is 0.0468. The van der Waals surface area contributed by atoms with Crippen LogP contribution < -0.4 is 15.6 Å². The Morgan fingerprint density at radius 1 is 1.48 bits per heavy atom. The number of aromatic nitrogens is 1. The number of rotatable bonds is 3. The summed E-state index contributed by atoms with van der Waals surface area (Å²) < 4.78 is 16.2. The van der Waals surface area contributed by atoms with Crippen molar-refractivity contribution in [3.8, 4) is 5.75 Å². The summed E-state index contributed by atoms with van der Waals surface area (Å²) in [7, 11) is 0. The van der Waals surface area contributed by atoms with Gasteiger partial charge in [-0.05, 0) is 19.9 Å². The molecule has 25 heavy (non-hydrogen) atoms. The number of nitrogens with zero attached hydrogens (tertiary/aromatic N) is 2. The molecule has 1 unspecified atom stereocenters. The number of phenols is 1. The first-order valence-electron chi connectivity index (χ1n) is 8.15. The van der Waals surface area contributed by atoms with Gasteiger partial charge in [0.2, 0.25) is 5.43 Å². The number of carboxylic acid groups (broad SMARTS) is 1. The Morgan fingerprint density at radius 3 is 2.80 bits per heavy atom. The molecular formula is C17H20FN3O4. The Morgan fingerprint density at radius 2 is 2.20 bits per heavy atom. The van der Waals surface area contributed by atoms with E-state index < -0.39 is 22.8 Å². The maximum atomic E-state index is 14.7. The zero-order valence-corrected chi connectivity index (χ0v) is 14.0. The fourth-order valence-electron chi connectivity index (χ4n) is 3.34. The van der Waals surface area contributed by atoms with Crippen LogP contribution in [-0.2, 0) is 6.54 Å². The highest BCUT2D eigenvalue weighted by Crippen LogP contribution is 2.37. The van der Waals surface area contributed by atoms with Crippen LogP contribution in [0.1, 0.15) is 24.2 Å². The first-order chi connectivity index (χ1) is 11.8. The van der Waals surface area contributed by atoms with Crippen LogP contribution in [0, 0.1) is 5.82 Å². The summed E-state index contributed by atoms with van der Waals surface area (Å²) in [6, 6.07) is 1.16. The number of halogens is 1. The molecule has 0 radical (unpaired) electrons. The number of fused-ring (bicyclic) bond motifs is 1. The highest BCUT2D eigenvalue weighted by atomic mass is 19.1. The second-order valence-electron chi connectivity index (χ2n) is 6.22. The number of pyridine rings is 1. The summed E-state index contributed by atoms with van der Waals surface area (Å²) in [5, 5.41) is 23.0. The lowest BCUT2D eigenvalue weighted by molar-refractivity contribution is 0.0695. The minimum atomic E-state index is -1.38. The molecule has 0 aliphatic carbocycles. The molecule has 3 N–H and O–H groups in total. The summed E-state index contributed by atoms with van der Waals surface area (Å²) in [5.74, 6) is -2.45. The lowest BCUT2D eigenvalue weighted by Crippen LogP contribution is -2.49. The van der Waals surface area contributed by atoms with E-state index in [1.807, 2.05) is 6.92 Å². The number of aromatic carboxylic acids is 1. The predicted molar refractivity (Wildman–Crippen MR) is 92.1 cm³/mol. The van der Waals surface area contributed by atoms with Gasteiger partial charge >= 0.3 is 5.97 Å². The molecule has 1 aliphatic rings. The van der Waals surface area contributed by atoms with E-state index in [1.54, 1.807) is 11.8 Å². The van der Waals surface area contributed by atoms with Gasteiger partial charge in [0.1, 0.15) is 11.3 Å². The highest BCUT2D eigenvalue weighted by molar-refractivity contribution is 5.96. The number of hydrogen-bond donors (Lipinski definition) is 3. The molecule has 2 aromatic rings. The van der Waals surface area contributed by atoms with Gasteiger partial charge in [-0.2, -0.15) is 0 Å². The Hall–Kier alpha value is -2.61. The first kappa shape index (κ1) is 17.2. The summed E-state index contributed by atoms with van der Waals surface area (Å²) in [6.07, 6.45) is 1.19. The van der Waals surface area contributed by atoms with E-state index in [9.17, 15) is 24.2 Å². The molecule has 8 heteroatoms. The Bertz CT molecular complexity index is 909. The third-order valence-electron chi connectivity index (χ3n) is 4.52. The summed E-state index contributed by atoms with van der Waals surface area (Å²) in [4.78, 5) is 25.4.